The number of nitrogens with one attached hydrogen (secondary N) is 2. The number of carbonyl (C=O) groups excluding carboxylic acids is 2. The SMILES string of the molecule is O=C1CC(C(=O)Nc2ccnn2Cc2c(Cl)cccc2Cl)c2ccccc2N1. The fraction of sp³-hybridized carbons (Fsp3) is 0.150. The fourth-order valence-electron chi connectivity index (χ4n) is 3.26. The molecule has 3 aromatic rings. The van der Waals surface area contributed by atoms with E-state index >= 15 is 0 Å². The number of benzene rings is 2. The predicted molar refractivity (Wildman–Crippen MR) is 109 cm³/mol. The van der Waals surface area contributed by atoms with Crippen molar-refractivity contribution >= 4 is 46.5 Å². The molecule has 0 saturated heterocycles. The van der Waals surface area contributed by atoms with Gasteiger partial charge in [-0.15, -0.1) is 0 Å². The maximum absolute atomic E-state index is 12.9. The van der Waals surface area contributed by atoms with Crippen LogP contribution in [0.5, 0.6) is 0 Å². The van der Waals surface area contributed by atoms with E-state index in [4.69, 9.17) is 23.2 Å². The van der Waals surface area contributed by atoms with Gasteiger partial charge >= 0.3 is 0 Å². The number of fused-ring (bicyclic) bond motifs is 1. The first-order chi connectivity index (χ1) is 13.5. The van der Waals surface area contributed by atoms with Crippen molar-refractivity contribution < 1.29 is 9.59 Å². The minimum absolute atomic E-state index is 0.0906. The summed E-state index contributed by atoms with van der Waals surface area (Å²) in [7, 11) is 0. The maximum atomic E-state index is 12.9. The molecule has 0 spiro atoms. The van der Waals surface area contributed by atoms with Crippen LogP contribution in [0.25, 0.3) is 0 Å². The van der Waals surface area contributed by atoms with Gasteiger partial charge in [0.05, 0.1) is 18.7 Å². The molecular weight excluding hydrogens is 399 g/mol. The molecule has 0 aliphatic carbocycles. The number of hydrogen-bond acceptors (Lipinski definition) is 3. The van der Waals surface area contributed by atoms with Gasteiger partial charge in [0.2, 0.25) is 11.8 Å². The van der Waals surface area contributed by atoms with Gasteiger partial charge in [-0.25, -0.2) is 4.68 Å². The largest absolute Gasteiger partial charge is 0.326 e. The zero-order valence-electron chi connectivity index (χ0n) is 14.7. The van der Waals surface area contributed by atoms with Gasteiger partial charge in [-0.2, -0.15) is 5.10 Å². The van der Waals surface area contributed by atoms with Crippen molar-refractivity contribution in [3.8, 4) is 0 Å². The third-order valence-corrected chi connectivity index (χ3v) is 5.36. The van der Waals surface area contributed by atoms with Gasteiger partial charge in [0, 0.05) is 33.8 Å². The Morgan fingerprint density at radius 2 is 1.89 bits per heavy atom. The third-order valence-electron chi connectivity index (χ3n) is 4.65. The van der Waals surface area contributed by atoms with Gasteiger partial charge in [-0.05, 0) is 23.8 Å². The molecule has 2 aromatic carbocycles. The van der Waals surface area contributed by atoms with E-state index in [1.165, 1.54) is 0 Å². The summed E-state index contributed by atoms with van der Waals surface area (Å²) in [5.41, 5.74) is 2.17. The molecule has 0 radical (unpaired) electrons. The fourth-order valence-corrected chi connectivity index (χ4v) is 3.77. The molecule has 0 saturated carbocycles. The Morgan fingerprint density at radius 1 is 1.14 bits per heavy atom. The molecule has 2 N–H and O–H groups in total. The summed E-state index contributed by atoms with van der Waals surface area (Å²) in [4.78, 5) is 24.9. The second-order valence-electron chi connectivity index (χ2n) is 6.46. The Labute approximate surface area is 171 Å². The molecule has 1 aromatic heterocycles. The van der Waals surface area contributed by atoms with E-state index in [-0.39, 0.29) is 18.2 Å². The molecule has 1 aliphatic rings. The minimum Gasteiger partial charge on any atom is -0.326 e. The van der Waals surface area contributed by atoms with E-state index in [1.807, 2.05) is 18.2 Å². The lowest BCUT2D eigenvalue weighted by atomic mass is 9.90. The van der Waals surface area contributed by atoms with Crippen molar-refractivity contribution in [3.63, 3.8) is 0 Å². The number of halogens is 2. The van der Waals surface area contributed by atoms with Gasteiger partial charge in [-0.3, -0.25) is 9.59 Å². The Bertz CT molecular complexity index is 1040. The normalized spacial score (nSPS) is 15.6. The Kier molecular flexibility index (Phi) is 5.07. The summed E-state index contributed by atoms with van der Waals surface area (Å²) in [6, 6.07) is 14.3. The number of rotatable bonds is 4. The molecule has 1 atom stereocenters. The standard InChI is InChI=1S/C20H16Cl2N4O2/c21-15-5-3-6-16(22)14(15)11-26-18(8-9-23-26)25-20(28)13-10-19(27)24-17-7-2-1-4-12(13)17/h1-9,13H,10-11H2,(H,24,27)(H,25,28). The molecule has 1 unspecified atom stereocenters. The molecule has 8 heteroatoms. The molecule has 0 bridgehead atoms. The van der Waals surface area contributed by atoms with Crippen molar-refractivity contribution in [2.45, 2.75) is 18.9 Å². The van der Waals surface area contributed by atoms with E-state index < -0.39 is 5.92 Å². The molecule has 4 rings (SSSR count). The van der Waals surface area contributed by atoms with E-state index in [0.717, 1.165) is 5.56 Å². The summed E-state index contributed by atoms with van der Waals surface area (Å²) in [5, 5.41) is 11.0. The van der Waals surface area contributed by atoms with Gasteiger partial charge in [0.15, 0.2) is 0 Å². The summed E-state index contributed by atoms with van der Waals surface area (Å²) < 4.78 is 1.61. The molecule has 142 valence electrons. The lowest BCUT2D eigenvalue weighted by molar-refractivity contribution is -0.123. The Hall–Kier alpha value is -2.83. The smallest absolute Gasteiger partial charge is 0.233 e. The highest BCUT2D eigenvalue weighted by atomic mass is 35.5. The molecule has 28 heavy (non-hydrogen) atoms. The second-order valence-corrected chi connectivity index (χ2v) is 7.27. The van der Waals surface area contributed by atoms with Gasteiger partial charge < -0.3 is 10.6 Å². The third kappa shape index (κ3) is 3.61. The van der Waals surface area contributed by atoms with Crippen molar-refractivity contribution in [1.82, 2.24) is 9.78 Å². The van der Waals surface area contributed by atoms with E-state index in [0.29, 0.717) is 33.7 Å². The average Bonchev–Trinajstić information content (AvgIpc) is 3.10. The van der Waals surface area contributed by atoms with Crippen LogP contribution in [0.1, 0.15) is 23.5 Å². The molecular formula is C20H16Cl2N4O2. The first-order valence-corrected chi connectivity index (χ1v) is 9.43. The van der Waals surface area contributed by atoms with E-state index in [1.54, 1.807) is 41.2 Å². The van der Waals surface area contributed by atoms with Crippen molar-refractivity contribution in [2.24, 2.45) is 0 Å². The number of carbonyl (C=O) groups is 2. The zero-order valence-corrected chi connectivity index (χ0v) is 16.2. The lowest BCUT2D eigenvalue weighted by Gasteiger charge is -2.24. The van der Waals surface area contributed by atoms with Gasteiger partial charge in [-0.1, -0.05) is 47.5 Å². The Balaban J connectivity index is 1.57. The highest BCUT2D eigenvalue weighted by Gasteiger charge is 2.30. The molecule has 6 nitrogen and oxygen atoms in total. The van der Waals surface area contributed by atoms with Crippen LogP contribution in [0.15, 0.2) is 54.7 Å². The number of aromatic nitrogens is 2. The second kappa shape index (κ2) is 7.66. The highest BCUT2D eigenvalue weighted by molar-refractivity contribution is 6.36. The summed E-state index contributed by atoms with van der Waals surface area (Å²) in [6.45, 7) is 0.308. The van der Waals surface area contributed by atoms with Crippen molar-refractivity contribution in [3.05, 3.63) is 75.9 Å². The monoisotopic (exact) mass is 414 g/mol. The van der Waals surface area contributed by atoms with Gasteiger partial charge in [0.25, 0.3) is 0 Å². The zero-order chi connectivity index (χ0) is 19.7. The van der Waals surface area contributed by atoms with Crippen LogP contribution in [-0.2, 0) is 16.1 Å². The van der Waals surface area contributed by atoms with E-state index in [2.05, 4.69) is 15.7 Å². The lowest BCUT2D eigenvalue weighted by Crippen LogP contribution is -2.31. The van der Waals surface area contributed by atoms with Crippen LogP contribution in [0.2, 0.25) is 10.0 Å². The van der Waals surface area contributed by atoms with Crippen LogP contribution < -0.4 is 10.6 Å². The van der Waals surface area contributed by atoms with Crippen LogP contribution in [0.3, 0.4) is 0 Å². The highest BCUT2D eigenvalue weighted by Crippen LogP contribution is 2.33. The number of nitrogens with zero attached hydrogens (tertiary/aromatic N) is 2. The topological polar surface area (TPSA) is 76.0 Å². The summed E-state index contributed by atoms with van der Waals surface area (Å²) in [5.74, 6) is -0.522. The number of hydrogen-bond donors (Lipinski definition) is 2. The predicted octanol–water partition coefficient (Wildman–Crippen LogP) is 4.30. The Morgan fingerprint density at radius 3 is 2.68 bits per heavy atom. The quantitative estimate of drug-likeness (QED) is 0.667. The molecule has 2 amide bonds. The molecule has 2 heterocycles. The number of anilines is 2. The van der Waals surface area contributed by atoms with Gasteiger partial charge in [0.1, 0.15) is 5.82 Å². The van der Waals surface area contributed by atoms with Crippen molar-refractivity contribution in [1.29, 1.82) is 0 Å². The van der Waals surface area contributed by atoms with Crippen molar-refractivity contribution in [2.75, 3.05) is 10.6 Å². The number of para-hydroxylation sites is 1. The molecule has 0 fully saturated rings. The number of amides is 2. The first-order valence-electron chi connectivity index (χ1n) is 8.67. The minimum atomic E-state index is -0.572. The van der Waals surface area contributed by atoms with Crippen LogP contribution in [-0.4, -0.2) is 21.6 Å². The van der Waals surface area contributed by atoms with Crippen LogP contribution in [0, 0.1) is 0 Å². The first kappa shape index (κ1) is 18.5. The van der Waals surface area contributed by atoms with E-state index in [9.17, 15) is 9.59 Å². The van der Waals surface area contributed by atoms with Crippen LogP contribution in [0.4, 0.5) is 11.5 Å². The summed E-state index contributed by atoms with van der Waals surface area (Å²) in [6.07, 6.45) is 1.68. The maximum Gasteiger partial charge on any atom is 0.233 e. The van der Waals surface area contributed by atoms with Crippen LogP contribution >= 0.6 is 23.2 Å². The average molecular weight is 415 g/mol. The summed E-state index contributed by atoms with van der Waals surface area (Å²) >= 11 is 12.5. The molecule has 1 aliphatic heterocycles.